The number of amides is 3. The molecular weight excluding hydrogens is 546 g/mol. The lowest BCUT2D eigenvalue weighted by molar-refractivity contribution is -0.124. The van der Waals surface area contributed by atoms with Gasteiger partial charge in [0.25, 0.3) is 0 Å². The second kappa shape index (κ2) is 15.6. The third-order valence-electron chi connectivity index (χ3n) is 6.87. The van der Waals surface area contributed by atoms with Crippen LogP contribution in [-0.2, 0) is 14.3 Å². The number of hydrogen-bond donors (Lipinski definition) is 3. The van der Waals surface area contributed by atoms with Gasteiger partial charge in [-0.25, -0.2) is 4.79 Å². The molecular formula is C34H45N3O4S. The van der Waals surface area contributed by atoms with Gasteiger partial charge in [-0.15, -0.1) is 0 Å². The molecule has 3 aromatic carbocycles. The van der Waals surface area contributed by atoms with E-state index in [1.807, 2.05) is 63.2 Å². The molecule has 226 valence electrons. The van der Waals surface area contributed by atoms with Crippen LogP contribution in [0, 0.1) is 12.8 Å². The first-order valence-electron chi connectivity index (χ1n) is 14.7. The lowest BCUT2D eigenvalue weighted by Gasteiger charge is -2.25. The Bertz CT molecular complexity index is 1330. The van der Waals surface area contributed by atoms with E-state index in [9.17, 15) is 14.4 Å². The van der Waals surface area contributed by atoms with Crippen molar-refractivity contribution in [2.75, 3.05) is 6.54 Å². The summed E-state index contributed by atoms with van der Waals surface area (Å²) in [5.74, 6) is -0.614. The van der Waals surface area contributed by atoms with Gasteiger partial charge >= 0.3 is 6.09 Å². The van der Waals surface area contributed by atoms with Crippen LogP contribution in [0.2, 0.25) is 0 Å². The molecule has 42 heavy (non-hydrogen) atoms. The van der Waals surface area contributed by atoms with Crippen molar-refractivity contribution >= 4 is 40.6 Å². The van der Waals surface area contributed by atoms with Crippen LogP contribution in [-0.4, -0.2) is 36.1 Å². The molecule has 3 aromatic rings. The molecule has 0 aliphatic heterocycles. The molecule has 7 nitrogen and oxygen atoms in total. The van der Waals surface area contributed by atoms with E-state index in [0.717, 1.165) is 40.5 Å². The number of nitrogens with one attached hydrogen (secondary N) is 3. The molecule has 3 N–H and O–H groups in total. The molecule has 0 aliphatic rings. The van der Waals surface area contributed by atoms with E-state index in [1.54, 1.807) is 20.8 Å². The van der Waals surface area contributed by atoms with Crippen molar-refractivity contribution in [3.63, 3.8) is 0 Å². The van der Waals surface area contributed by atoms with E-state index in [-0.39, 0.29) is 23.7 Å². The van der Waals surface area contributed by atoms with Gasteiger partial charge in [-0.2, -0.15) is 0 Å². The van der Waals surface area contributed by atoms with Gasteiger partial charge in [0.2, 0.25) is 11.8 Å². The number of carbonyl (C=O) groups is 3. The van der Waals surface area contributed by atoms with Gasteiger partial charge in [-0.05, 0) is 86.9 Å². The molecule has 8 heteroatoms. The van der Waals surface area contributed by atoms with Crippen LogP contribution in [0.5, 0.6) is 0 Å². The van der Waals surface area contributed by atoms with Gasteiger partial charge in [0, 0.05) is 11.4 Å². The van der Waals surface area contributed by atoms with Gasteiger partial charge in [0.15, 0.2) is 0 Å². The molecule has 3 amide bonds. The Kier molecular flexibility index (Phi) is 12.3. The standard InChI is InChI=1S/C34H45N3O4S/c1-23(2)30(36-33(40)41-34(4,5)6)32(39)35-21-11-7-8-14-29(27-18-17-25-12-9-10-13-26(25)22-27)31(38)37-42-28-19-15-24(3)16-20-28/h9-10,12-13,15-20,22-23,29-30H,7-8,11,14,21H2,1-6H3,(H,35,39)(H,36,40)(H,37,38). The molecule has 2 unspecified atom stereocenters. The number of fused-ring (bicyclic) bond motifs is 1. The van der Waals surface area contributed by atoms with Crippen molar-refractivity contribution in [3.05, 3.63) is 77.9 Å². The SMILES string of the molecule is Cc1ccc(SNC(=O)C(CCCCCNC(=O)C(NC(=O)OC(C)(C)C)C(C)C)c2ccc3ccccc3c2)cc1. The first kappa shape index (κ1) is 33.0. The van der Waals surface area contributed by atoms with E-state index in [0.29, 0.717) is 13.0 Å². The predicted molar refractivity (Wildman–Crippen MR) is 171 cm³/mol. The first-order chi connectivity index (χ1) is 19.9. The normalized spacial score (nSPS) is 12.9. The molecule has 0 heterocycles. The number of hydrogen-bond acceptors (Lipinski definition) is 5. The summed E-state index contributed by atoms with van der Waals surface area (Å²) in [5, 5.41) is 7.89. The summed E-state index contributed by atoms with van der Waals surface area (Å²) in [7, 11) is 0. The monoisotopic (exact) mass is 591 g/mol. The molecule has 0 saturated carbocycles. The van der Waals surface area contributed by atoms with Crippen LogP contribution < -0.4 is 15.4 Å². The second-order valence-corrected chi connectivity index (χ2v) is 12.9. The Hall–Kier alpha value is -3.52. The number of alkyl carbamates (subject to hydrolysis) is 1. The van der Waals surface area contributed by atoms with E-state index >= 15 is 0 Å². The Labute approximate surface area is 254 Å². The van der Waals surface area contributed by atoms with Gasteiger partial charge in [-0.3, -0.25) is 14.3 Å². The molecule has 0 bridgehead atoms. The first-order valence-corrected chi connectivity index (χ1v) is 15.5. The van der Waals surface area contributed by atoms with E-state index < -0.39 is 17.7 Å². The highest BCUT2D eigenvalue weighted by Crippen LogP contribution is 2.28. The van der Waals surface area contributed by atoms with E-state index in [1.165, 1.54) is 17.5 Å². The number of rotatable bonds is 13. The third kappa shape index (κ3) is 10.7. The van der Waals surface area contributed by atoms with Gasteiger partial charge in [0.05, 0.1) is 5.92 Å². The Balaban J connectivity index is 1.54. The summed E-state index contributed by atoms with van der Waals surface area (Å²) >= 11 is 1.34. The lowest BCUT2D eigenvalue weighted by atomic mass is 9.91. The summed E-state index contributed by atoms with van der Waals surface area (Å²) < 4.78 is 8.37. The zero-order chi connectivity index (χ0) is 30.7. The molecule has 0 radical (unpaired) electrons. The fourth-order valence-electron chi connectivity index (χ4n) is 4.60. The topological polar surface area (TPSA) is 96.5 Å². The number of carbonyl (C=O) groups excluding carboxylic acids is 3. The maximum atomic E-state index is 13.4. The fraction of sp³-hybridized carbons (Fsp3) is 0.441. The molecule has 0 aromatic heterocycles. The summed E-state index contributed by atoms with van der Waals surface area (Å²) in [6.07, 6.45) is 2.55. The molecule has 0 aliphatic carbocycles. The number of aryl methyl sites for hydroxylation is 1. The lowest BCUT2D eigenvalue weighted by Crippen LogP contribution is -2.51. The molecule has 2 atom stereocenters. The maximum Gasteiger partial charge on any atom is 0.408 e. The molecule has 0 fully saturated rings. The van der Waals surface area contributed by atoms with Crippen molar-refractivity contribution in [3.8, 4) is 0 Å². The Morgan fingerprint density at radius 2 is 1.55 bits per heavy atom. The summed E-state index contributed by atoms with van der Waals surface area (Å²) in [4.78, 5) is 39.4. The third-order valence-corrected chi connectivity index (χ3v) is 7.68. The van der Waals surface area contributed by atoms with Crippen LogP contribution in [0.1, 0.15) is 77.3 Å². The average molecular weight is 592 g/mol. The predicted octanol–water partition coefficient (Wildman–Crippen LogP) is 7.28. The zero-order valence-electron chi connectivity index (χ0n) is 25.7. The Morgan fingerprint density at radius 3 is 2.21 bits per heavy atom. The highest BCUT2D eigenvalue weighted by Gasteiger charge is 2.27. The minimum Gasteiger partial charge on any atom is -0.444 e. The highest BCUT2D eigenvalue weighted by molar-refractivity contribution is 7.98. The number of ether oxygens (including phenoxy) is 1. The van der Waals surface area contributed by atoms with Crippen molar-refractivity contribution < 1.29 is 19.1 Å². The van der Waals surface area contributed by atoms with E-state index in [4.69, 9.17) is 4.74 Å². The quantitative estimate of drug-likeness (QED) is 0.143. The van der Waals surface area contributed by atoms with Crippen LogP contribution in [0.15, 0.2) is 71.6 Å². The molecule has 0 spiro atoms. The van der Waals surface area contributed by atoms with Gasteiger partial charge < -0.3 is 15.4 Å². The highest BCUT2D eigenvalue weighted by atomic mass is 32.2. The Morgan fingerprint density at radius 1 is 0.857 bits per heavy atom. The second-order valence-electron chi connectivity index (χ2n) is 12.0. The fourth-order valence-corrected chi connectivity index (χ4v) is 5.23. The summed E-state index contributed by atoms with van der Waals surface area (Å²) in [5.41, 5.74) is 1.54. The molecule has 0 saturated heterocycles. The van der Waals surface area contributed by atoms with Crippen molar-refractivity contribution in [1.29, 1.82) is 0 Å². The van der Waals surface area contributed by atoms with Crippen molar-refractivity contribution in [2.45, 2.75) is 89.7 Å². The number of unbranched alkanes of at least 4 members (excludes halogenated alkanes) is 2. The van der Waals surface area contributed by atoms with E-state index in [2.05, 4.69) is 39.6 Å². The largest absolute Gasteiger partial charge is 0.444 e. The summed E-state index contributed by atoms with van der Waals surface area (Å²) in [6.45, 7) is 11.7. The van der Waals surface area contributed by atoms with Crippen LogP contribution in [0.3, 0.4) is 0 Å². The van der Waals surface area contributed by atoms with Crippen molar-refractivity contribution in [2.24, 2.45) is 5.92 Å². The average Bonchev–Trinajstić information content (AvgIpc) is 2.93. The minimum atomic E-state index is -0.674. The van der Waals surface area contributed by atoms with Gasteiger partial charge in [-0.1, -0.05) is 86.8 Å². The number of benzene rings is 3. The van der Waals surface area contributed by atoms with Crippen LogP contribution in [0.25, 0.3) is 10.8 Å². The minimum absolute atomic E-state index is 0.0165. The smallest absolute Gasteiger partial charge is 0.408 e. The zero-order valence-corrected chi connectivity index (χ0v) is 26.5. The molecule has 3 rings (SSSR count). The van der Waals surface area contributed by atoms with Gasteiger partial charge in [0.1, 0.15) is 11.6 Å². The van der Waals surface area contributed by atoms with Crippen molar-refractivity contribution in [1.82, 2.24) is 15.4 Å². The van der Waals surface area contributed by atoms with Crippen LogP contribution >= 0.6 is 11.9 Å². The van der Waals surface area contributed by atoms with Crippen LogP contribution in [0.4, 0.5) is 4.79 Å². The summed E-state index contributed by atoms with van der Waals surface area (Å²) in [6, 6.07) is 21.8. The maximum absolute atomic E-state index is 13.4.